The first kappa shape index (κ1) is 9.09. The van der Waals surface area contributed by atoms with E-state index in [1.165, 1.54) is 5.19 Å². The van der Waals surface area contributed by atoms with Gasteiger partial charge in [-0.15, -0.1) is 11.5 Å². The highest BCUT2D eigenvalue weighted by Crippen LogP contribution is 1.85. The summed E-state index contributed by atoms with van der Waals surface area (Å²) >= 11 is 0. The monoisotopic (exact) mass is 172 g/mol. The lowest BCUT2D eigenvalue weighted by atomic mass is 10.2. The molecule has 0 fully saturated rings. The molecule has 1 heteroatoms. The van der Waals surface area contributed by atoms with Crippen LogP contribution in [0, 0.1) is 17.4 Å². The standard InChI is InChI=1S/C11H12Si/c1-10(2)8-9-12-11-6-4-3-5-7-11/h3-7,10H,1-2H3. The average Bonchev–Trinajstić information content (AvgIpc) is 2.05. The van der Waals surface area contributed by atoms with Crippen LogP contribution < -0.4 is 5.19 Å². The van der Waals surface area contributed by atoms with Crippen molar-refractivity contribution < 1.29 is 0 Å². The second kappa shape index (κ2) is 4.79. The first-order valence-electron chi connectivity index (χ1n) is 4.10. The Balaban J connectivity index is 2.51. The Kier molecular flexibility index (Phi) is 3.63. The van der Waals surface area contributed by atoms with Crippen molar-refractivity contribution in [2.24, 2.45) is 5.92 Å². The predicted octanol–water partition coefficient (Wildman–Crippen LogP) is 1.63. The van der Waals surface area contributed by atoms with E-state index in [9.17, 15) is 0 Å². The Hall–Kier alpha value is -1.00. The van der Waals surface area contributed by atoms with Crippen molar-refractivity contribution in [1.29, 1.82) is 0 Å². The van der Waals surface area contributed by atoms with Gasteiger partial charge in [-0.2, -0.15) is 0 Å². The first-order chi connectivity index (χ1) is 5.79. The van der Waals surface area contributed by atoms with Crippen molar-refractivity contribution in [2.75, 3.05) is 0 Å². The lowest BCUT2D eigenvalue weighted by Crippen LogP contribution is -2.10. The topological polar surface area (TPSA) is 0 Å². The maximum absolute atomic E-state index is 3.18. The number of hydrogen-bond donors (Lipinski definition) is 0. The fourth-order valence-corrected chi connectivity index (χ4v) is 1.64. The largest absolute Gasteiger partial charge is 0.186 e. The average molecular weight is 172 g/mol. The molecule has 0 saturated carbocycles. The van der Waals surface area contributed by atoms with Crippen LogP contribution in [0.4, 0.5) is 0 Å². The van der Waals surface area contributed by atoms with Crippen molar-refractivity contribution in [3.8, 4) is 11.5 Å². The third-order valence-corrected chi connectivity index (χ3v) is 2.23. The predicted molar refractivity (Wildman–Crippen MR) is 54.4 cm³/mol. The molecule has 0 unspecified atom stereocenters. The SMILES string of the molecule is CC(C)C#C[Si]c1ccccc1. The minimum atomic E-state index is 0.487. The van der Waals surface area contributed by atoms with Gasteiger partial charge in [-0.1, -0.05) is 44.2 Å². The first-order valence-corrected chi connectivity index (χ1v) is 5.10. The van der Waals surface area contributed by atoms with Crippen molar-refractivity contribution in [2.45, 2.75) is 13.8 Å². The summed E-state index contributed by atoms with van der Waals surface area (Å²) < 4.78 is 0. The van der Waals surface area contributed by atoms with Gasteiger partial charge in [0, 0.05) is 5.92 Å². The van der Waals surface area contributed by atoms with E-state index in [1.807, 2.05) is 6.07 Å². The zero-order valence-electron chi connectivity index (χ0n) is 7.46. The van der Waals surface area contributed by atoms with Crippen LogP contribution in [-0.4, -0.2) is 9.52 Å². The van der Waals surface area contributed by atoms with Gasteiger partial charge in [0.2, 0.25) is 0 Å². The molecule has 1 rings (SSSR count). The molecule has 0 saturated heterocycles. The van der Waals surface area contributed by atoms with Crippen molar-refractivity contribution in [1.82, 2.24) is 0 Å². The zero-order valence-corrected chi connectivity index (χ0v) is 8.46. The molecule has 0 bridgehead atoms. The van der Waals surface area contributed by atoms with Crippen molar-refractivity contribution >= 4 is 14.7 Å². The molecule has 0 atom stereocenters. The highest BCUT2D eigenvalue weighted by molar-refractivity contribution is 6.61. The summed E-state index contributed by atoms with van der Waals surface area (Å²) in [6.07, 6.45) is 0. The van der Waals surface area contributed by atoms with Crippen LogP contribution >= 0.6 is 0 Å². The summed E-state index contributed by atoms with van der Waals surface area (Å²) in [5.74, 6) is 3.64. The van der Waals surface area contributed by atoms with E-state index in [4.69, 9.17) is 0 Å². The zero-order chi connectivity index (χ0) is 8.81. The summed E-state index contributed by atoms with van der Waals surface area (Å²) in [4.78, 5) is 0. The fourth-order valence-electron chi connectivity index (χ4n) is 0.774. The van der Waals surface area contributed by atoms with Crippen LogP contribution in [-0.2, 0) is 0 Å². The molecule has 0 N–H and O–H groups in total. The quantitative estimate of drug-likeness (QED) is 0.446. The van der Waals surface area contributed by atoms with Crippen LogP contribution in [0.25, 0.3) is 0 Å². The minimum absolute atomic E-state index is 0.487. The molecule has 1 aromatic rings. The molecular weight excluding hydrogens is 160 g/mol. The van der Waals surface area contributed by atoms with E-state index >= 15 is 0 Å². The van der Waals surface area contributed by atoms with Crippen LogP contribution in [0.15, 0.2) is 30.3 Å². The Morgan fingerprint density at radius 2 is 1.83 bits per heavy atom. The summed E-state index contributed by atoms with van der Waals surface area (Å²) in [5.41, 5.74) is 3.18. The van der Waals surface area contributed by atoms with Gasteiger partial charge in [-0.05, 0) is 5.19 Å². The van der Waals surface area contributed by atoms with Crippen LogP contribution in [0.2, 0.25) is 0 Å². The Morgan fingerprint density at radius 1 is 1.17 bits per heavy atom. The smallest absolute Gasteiger partial charge is 0.129 e. The normalized spacial score (nSPS) is 9.25. The van der Waals surface area contributed by atoms with Crippen LogP contribution in [0.3, 0.4) is 0 Å². The molecule has 60 valence electrons. The van der Waals surface area contributed by atoms with E-state index in [-0.39, 0.29) is 0 Å². The van der Waals surface area contributed by atoms with E-state index in [2.05, 4.69) is 49.6 Å². The molecule has 0 heterocycles. The molecule has 0 amide bonds. The Labute approximate surface area is 76.8 Å². The summed E-state index contributed by atoms with van der Waals surface area (Å²) in [6.45, 7) is 4.23. The van der Waals surface area contributed by atoms with Crippen LogP contribution in [0.5, 0.6) is 0 Å². The fraction of sp³-hybridized carbons (Fsp3) is 0.273. The van der Waals surface area contributed by atoms with E-state index in [0.717, 1.165) is 0 Å². The van der Waals surface area contributed by atoms with Gasteiger partial charge in [-0.3, -0.25) is 0 Å². The number of benzene rings is 1. The van der Waals surface area contributed by atoms with E-state index in [0.29, 0.717) is 15.4 Å². The lowest BCUT2D eigenvalue weighted by Gasteiger charge is -1.90. The van der Waals surface area contributed by atoms with Gasteiger partial charge < -0.3 is 0 Å². The molecule has 1 aromatic carbocycles. The molecule has 0 aliphatic carbocycles. The molecule has 12 heavy (non-hydrogen) atoms. The molecule has 2 radical (unpaired) electrons. The summed E-state index contributed by atoms with van der Waals surface area (Å²) in [7, 11) is 0.636. The number of rotatable bonds is 1. The van der Waals surface area contributed by atoms with Gasteiger partial charge in [0.05, 0.1) is 0 Å². The van der Waals surface area contributed by atoms with E-state index in [1.54, 1.807) is 0 Å². The maximum Gasteiger partial charge on any atom is 0.186 e. The highest BCUT2D eigenvalue weighted by Gasteiger charge is 1.88. The Bertz CT molecular complexity index is 277. The third-order valence-electron chi connectivity index (χ3n) is 1.34. The van der Waals surface area contributed by atoms with Crippen molar-refractivity contribution in [3.05, 3.63) is 30.3 Å². The molecule has 0 nitrogen and oxygen atoms in total. The second-order valence-corrected chi connectivity index (χ2v) is 3.99. The van der Waals surface area contributed by atoms with Crippen molar-refractivity contribution in [3.63, 3.8) is 0 Å². The maximum atomic E-state index is 3.18. The van der Waals surface area contributed by atoms with Gasteiger partial charge in [0.1, 0.15) is 0 Å². The lowest BCUT2D eigenvalue weighted by molar-refractivity contribution is 0.867. The third kappa shape index (κ3) is 3.41. The molecule has 0 spiro atoms. The molecular formula is C11H12Si. The molecule has 0 aliphatic rings. The molecule has 0 aliphatic heterocycles. The number of hydrogen-bond acceptors (Lipinski definition) is 0. The second-order valence-electron chi connectivity index (χ2n) is 2.92. The Morgan fingerprint density at radius 3 is 2.42 bits per heavy atom. The van der Waals surface area contributed by atoms with Crippen LogP contribution in [0.1, 0.15) is 13.8 Å². The van der Waals surface area contributed by atoms with Gasteiger partial charge in [0.15, 0.2) is 9.52 Å². The summed E-state index contributed by atoms with van der Waals surface area (Å²) in [6, 6.07) is 10.4. The van der Waals surface area contributed by atoms with Gasteiger partial charge >= 0.3 is 0 Å². The van der Waals surface area contributed by atoms with E-state index < -0.39 is 0 Å². The van der Waals surface area contributed by atoms with Gasteiger partial charge in [-0.25, -0.2) is 0 Å². The van der Waals surface area contributed by atoms with Gasteiger partial charge in [0.25, 0.3) is 0 Å². The highest BCUT2D eigenvalue weighted by atomic mass is 28.2. The summed E-state index contributed by atoms with van der Waals surface area (Å²) in [5, 5.41) is 1.32. The molecule has 0 aromatic heterocycles. The minimum Gasteiger partial charge on any atom is -0.129 e.